The first-order chi connectivity index (χ1) is 13.5. The first-order valence-electron chi connectivity index (χ1n) is 9.84. The minimum Gasteiger partial charge on any atom is -0.497 e. The molecule has 0 bridgehead atoms. The van der Waals surface area contributed by atoms with Gasteiger partial charge in [-0.1, -0.05) is 12.1 Å². The number of rotatable bonds is 7. The van der Waals surface area contributed by atoms with Crippen molar-refractivity contribution in [3.63, 3.8) is 0 Å². The van der Waals surface area contributed by atoms with Gasteiger partial charge in [0.05, 0.1) is 25.3 Å². The van der Waals surface area contributed by atoms with E-state index in [2.05, 4.69) is 0 Å². The molecule has 1 aliphatic heterocycles. The van der Waals surface area contributed by atoms with Gasteiger partial charge in [0.25, 0.3) is 5.91 Å². The second-order valence-corrected chi connectivity index (χ2v) is 8.04. The van der Waals surface area contributed by atoms with E-state index >= 15 is 0 Å². The molecule has 2 amide bonds. The van der Waals surface area contributed by atoms with Gasteiger partial charge < -0.3 is 24.0 Å². The molecule has 28 heavy (non-hydrogen) atoms. The van der Waals surface area contributed by atoms with E-state index in [-0.39, 0.29) is 30.0 Å². The Hall–Kier alpha value is -2.12. The number of nitrogens with zero attached hydrogens (tertiary/aromatic N) is 2. The number of morpholine rings is 1. The second-order valence-electron chi connectivity index (χ2n) is 8.04. The maximum atomic E-state index is 13.4. The van der Waals surface area contributed by atoms with Gasteiger partial charge in [-0.25, -0.2) is 0 Å². The Bertz CT molecular complexity index is 742. The Kier molecular flexibility index (Phi) is 5.05. The first kappa shape index (κ1) is 19.2. The molecular formula is C21H28N2O5. The number of benzene rings is 1. The van der Waals surface area contributed by atoms with Crippen molar-refractivity contribution in [2.45, 2.75) is 49.4 Å². The maximum Gasteiger partial charge on any atom is 0.254 e. The third-order valence-corrected chi connectivity index (χ3v) is 6.18. The van der Waals surface area contributed by atoms with Crippen LogP contribution in [-0.2, 0) is 19.1 Å². The molecule has 0 unspecified atom stereocenters. The minimum absolute atomic E-state index is 0.0481. The molecule has 7 heteroatoms. The molecule has 0 N–H and O–H groups in total. The van der Waals surface area contributed by atoms with Crippen LogP contribution >= 0.6 is 0 Å². The van der Waals surface area contributed by atoms with Crippen molar-refractivity contribution < 1.29 is 23.8 Å². The van der Waals surface area contributed by atoms with Crippen LogP contribution in [0.2, 0.25) is 0 Å². The highest BCUT2D eigenvalue weighted by atomic mass is 16.5. The number of amides is 2. The molecular weight excluding hydrogens is 360 g/mol. The Labute approximate surface area is 165 Å². The Morgan fingerprint density at radius 1 is 1.25 bits per heavy atom. The summed E-state index contributed by atoms with van der Waals surface area (Å²) in [6.45, 7) is 0.463. The summed E-state index contributed by atoms with van der Waals surface area (Å²) in [6, 6.07) is 7.33. The van der Waals surface area contributed by atoms with Crippen molar-refractivity contribution in [2.75, 3.05) is 34.5 Å². The molecule has 7 nitrogen and oxygen atoms in total. The summed E-state index contributed by atoms with van der Waals surface area (Å²) >= 11 is 0. The molecule has 2 aliphatic carbocycles. The lowest BCUT2D eigenvalue weighted by Crippen LogP contribution is -2.57. The van der Waals surface area contributed by atoms with Crippen molar-refractivity contribution >= 4 is 11.8 Å². The zero-order valence-electron chi connectivity index (χ0n) is 16.7. The SMILES string of the molecule is COCC1(N(C)C(=O)[C@H]2OCC(=O)N(C3CC3)[C@@H]2c2ccc(OC)cc2)CC1. The maximum absolute atomic E-state index is 13.4. The van der Waals surface area contributed by atoms with Crippen LogP contribution in [0.15, 0.2) is 24.3 Å². The molecule has 0 radical (unpaired) electrons. The summed E-state index contributed by atoms with van der Waals surface area (Å²) in [6.07, 6.45) is 3.08. The summed E-state index contributed by atoms with van der Waals surface area (Å²) in [5.74, 6) is 0.600. The van der Waals surface area contributed by atoms with Crippen LogP contribution in [0.3, 0.4) is 0 Å². The smallest absolute Gasteiger partial charge is 0.254 e. The Morgan fingerprint density at radius 2 is 1.93 bits per heavy atom. The van der Waals surface area contributed by atoms with Crippen molar-refractivity contribution in [1.29, 1.82) is 0 Å². The lowest BCUT2D eigenvalue weighted by molar-refractivity contribution is -0.171. The van der Waals surface area contributed by atoms with Gasteiger partial charge in [0.1, 0.15) is 12.4 Å². The predicted molar refractivity (Wildman–Crippen MR) is 102 cm³/mol. The van der Waals surface area contributed by atoms with E-state index in [4.69, 9.17) is 14.2 Å². The molecule has 1 aromatic rings. The van der Waals surface area contributed by atoms with Gasteiger partial charge in [-0.05, 0) is 43.4 Å². The number of methoxy groups -OCH3 is 2. The molecule has 1 saturated heterocycles. The van der Waals surface area contributed by atoms with Crippen LogP contribution in [0.5, 0.6) is 5.75 Å². The van der Waals surface area contributed by atoms with Gasteiger partial charge in [0.2, 0.25) is 5.91 Å². The van der Waals surface area contributed by atoms with Crippen LogP contribution in [0.4, 0.5) is 0 Å². The van der Waals surface area contributed by atoms with E-state index in [0.29, 0.717) is 6.61 Å². The lowest BCUT2D eigenvalue weighted by atomic mass is 9.95. The summed E-state index contributed by atoms with van der Waals surface area (Å²) < 4.78 is 16.4. The topological polar surface area (TPSA) is 68.3 Å². The van der Waals surface area contributed by atoms with Crippen LogP contribution in [0.25, 0.3) is 0 Å². The average molecular weight is 388 g/mol. The van der Waals surface area contributed by atoms with Gasteiger partial charge in [-0.2, -0.15) is 0 Å². The highest BCUT2D eigenvalue weighted by molar-refractivity contribution is 5.87. The van der Waals surface area contributed by atoms with E-state index in [1.807, 2.05) is 36.2 Å². The van der Waals surface area contributed by atoms with Gasteiger partial charge in [0.15, 0.2) is 6.10 Å². The summed E-state index contributed by atoms with van der Waals surface area (Å²) in [5, 5.41) is 0. The molecule has 2 saturated carbocycles. The number of ether oxygens (including phenoxy) is 3. The van der Waals surface area contributed by atoms with Gasteiger partial charge in [0, 0.05) is 20.2 Å². The van der Waals surface area contributed by atoms with Crippen LogP contribution in [0, 0.1) is 0 Å². The molecule has 152 valence electrons. The molecule has 2 atom stereocenters. The van der Waals surface area contributed by atoms with E-state index in [9.17, 15) is 9.59 Å². The fourth-order valence-electron chi connectivity index (χ4n) is 4.17. The average Bonchev–Trinajstić information content (AvgIpc) is 3.62. The van der Waals surface area contributed by atoms with E-state index in [1.165, 1.54) is 0 Å². The largest absolute Gasteiger partial charge is 0.497 e. The van der Waals surface area contributed by atoms with Crippen LogP contribution in [0.1, 0.15) is 37.3 Å². The van der Waals surface area contributed by atoms with E-state index < -0.39 is 12.1 Å². The second kappa shape index (κ2) is 7.37. The van der Waals surface area contributed by atoms with Crippen molar-refractivity contribution in [2.24, 2.45) is 0 Å². The molecule has 0 aromatic heterocycles. The number of carbonyl (C=O) groups is 2. The van der Waals surface area contributed by atoms with Crippen LogP contribution < -0.4 is 4.74 Å². The Balaban J connectivity index is 1.65. The summed E-state index contributed by atoms with van der Waals surface area (Å²) in [5.41, 5.74) is 0.648. The first-order valence-corrected chi connectivity index (χ1v) is 9.84. The van der Waals surface area contributed by atoms with Crippen LogP contribution in [-0.4, -0.2) is 73.8 Å². The highest BCUT2D eigenvalue weighted by Gasteiger charge is 2.53. The fraction of sp³-hybridized carbons (Fsp3) is 0.619. The monoisotopic (exact) mass is 388 g/mol. The van der Waals surface area contributed by atoms with Gasteiger partial charge in [-0.3, -0.25) is 9.59 Å². The minimum atomic E-state index is -0.717. The number of likely N-dealkylation sites (N-methyl/N-ethyl adjacent to an activating group) is 1. The molecule has 1 heterocycles. The molecule has 1 aromatic carbocycles. The third-order valence-electron chi connectivity index (χ3n) is 6.18. The van der Waals surface area contributed by atoms with Gasteiger partial charge >= 0.3 is 0 Å². The lowest BCUT2D eigenvalue weighted by Gasteiger charge is -2.43. The quantitative estimate of drug-likeness (QED) is 0.712. The predicted octanol–water partition coefficient (Wildman–Crippen LogP) is 1.76. The normalized spacial score (nSPS) is 26.1. The van der Waals surface area contributed by atoms with E-state index in [0.717, 1.165) is 37.0 Å². The number of carbonyl (C=O) groups excluding carboxylic acids is 2. The molecule has 4 rings (SSSR count). The number of hydrogen-bond acceptors (Lipinski definition) is 5. The summed E-state index contributed by atoms with van der Waals surface area (Å²) in [4.78, 5) is 29.8. The molecule has 3 aliphatic rings. The summed E-state index contributed by atoms with van der Waals surface area (Å²) in [7, 11) is 5.09. The molecule has 0 spiro atoms. The standard InChI is InChI=1S/C21H28N2O5/c1-22(21(10-11-21)13-26-2)20(25)19-18(14-4-8-16(27-3)9-5-14)23(15-6-7-15)17(24)12-28-19/h4-5,8-9,15,18-19H,6-7,10-13H2,1-3H3/t18-,19+/m1/s1. The van der Waals surface area contributed by atoms with E-state index in [1.54, 1.807) is 19.1 Å². The Morgan fingerprint density at radius 3 is 2.46 bits per heavy atom. The number of hydrogen-bond donors (Lipinski definition) is 0. The van der Waals surface area contributed by atoms with Crippen molar-refractivity contribution in [3.8, 4) is 5.75 Å². The van der Waals surface area contributed by atoms with Crippen molar-refractivity contribution in [3.05, 3.63) is 29.8 Å². The highest BCUT2D eigenvalue weighted by Crippen LogP contribution is 2.44. The third kappa shape index (κ3) is 3.37. The zero-order valence-corrected chi connectivity index (χ0v) is 16.7. The fourth-order valence-corrected chi connectivity index (χ4v) is 4.17. The van der Waals surface area contributed by atoms with Crippen molar-refractivity contribution in [1.82, 2.24) is 9.80 Å². The zero-order chi connectivity index (χ0) is 19.9. The molecule has 3 fully saturated rings. The van der Waals surface area contributed by atoms with Gasteiger partial charge in [-0.15, -0.1) is 0 Å².